The van der Waals surface area contributed by atoms with E-state index in [1.165, 1.54) is 32.4 Å². The Morgan fingerprint density at radius 2 is 1.73 bits per heavy atom. The molecule has 8 heteroatoms. The minimum atomic E-state index is -0.661. The minimum Gasteiger partial charge on any atom is -0.465 e. The van der Waals surface area contributed by atoms with Gasteiger partial charge in [-0.1, -0.05) is 18.2 Å². The van der Waals surface area contributed by atoms with Crippen molar-refractivity contribution in [1.29, 1.82) is 0 Å². The second-order valence-electron chi connectivity index (χ2n) is 6.92. The normalized spacial score (nSPS) is 15.6. The van der Waals surface area contributed by atoms with Crippen LogP contribution in [0.3, 0.4) is 0 Å². The van der Waals surface area contributed by atoms with E-state index < -0.39 is 23.8 Å². The van der Waals surface area contributed by atoms with Crippen LogP contribution in [-0.2, 0) is 19.1 Å². The number of methoxy groups -OCH3 is 2. The Balaban J connectivity index is 1.83. The number of benzene rings is 2. The molecule has 8 nitrogen and oxygen atoms in total. The van der Waals surface area contributed by atoms with Crippen LogP contribution in [0.5, 0.6) is 0 Å². The molecule has 1 N–H and O–H groups in total. The lowest BCUT2D eigenvalue weighted by Crippen LogP contribution is -2.29. The van der Waals surface area contributed by atoms with Crippen molar-refractivity contribution in [3.05, 3.63) is 59.2 Å². The van der Waals surface area contributed by atoms with Gasteiger partial charge in [0.05, 0.1) is 37.0 Å². The number of anilines is 2. The summed E-state index contributed by atoms with van der Waals surface area (Å²) in [6.07, 6.45) is 0.0460. The number of rotatable bonds is 5. The fourth-order valence-corrected chi connectivity index (χ4v) is 3.40. The summed E-state index contributed by atoms with van der Waals surface area (Å²) in [5.41, 5.74) is 2.09. The van der Waals surface area contributed by atoms with Gasteiger partial charge in [0.25, 0.3) is 0 Å². The molecule has 156 valence electrons. The molecule has 0 radical (unpaired) electrons. The van der Waals surface area contributed by atoms with Gasteiger partial charge in [0.1, 0.15) is 0 Å². The molecule has 1 aliphatic heterocycles. The minimum absolute atomic E-state index is 0.0460. The molecule has 0 saturated carbocycles. The van der Waals surface area contributed by atoms with Crippen LogP contribution in [0, 0.1) is 12.8 Å². The lowest BCUT2D eigenvalue weighted by atomic mass is 10.1. The van der Waals surface area contributed by atoms with Crippen molar-refractivity contribution in [3.63, 3.8) is 0 Å². The zero-order valence-corrected chi connectivity index (χ0v) is 16.9. The highest BCUT2D eigenvalue weighted by Gasteiger charge is 2.36. The van der Waals surface area contributed by atoms with Gasteiger partial charge in [-0.05, 0) is 36.8 Å². The molecule has 2 aromatic carbocycles. The van der Waals surface area contributed by atoms with Crippen LogP contribution in [-0.4, -0.2) is 44.5 Å². The van der Waals surface area contributed by atoms with E-state index >= 15 is 0 Å². The molecule has 0 spiro atoms. The molecule has 2 aromatic rings. The number of nitrogens with one attached hydrogen (secondary N) is 1. The zero-order valence-electron chi connectivity index (χ0n) is 16.9. The van der Waals surface area contributed by atoms with E-state index in [0.717, 1.165) is 11.3 Å². The van der Waals surface area contributed by atoms with Crippen molar-refractivity contribution in [2.75, 3.05) is 31.0 Å². The number of para-hydroxylation sites is 1. The number of aryl methyl sites for hydroxylation is 1. The third-order valence-corrected chi connectivity index (χ3v) is 5.01. The SMILES string of the molecule is COC(=O)c1ccc(C(=O)OC)c(NC(=O)C2CC(=O)N(c3ccccc3C)C2)c1. The first kappa shape index (κ1) is 21.0. The Morgan fingerprint density at radius 3 is 2.40 bits per heavy atom. The summed E-state index contributed by atoms with van der Waals surface area (Å²) in [7, 11) is 2.46. The van der Waals surface area contributed by atoms with Gasteiger partial charge in [-0.3, -0.25) is 9.59 Å². The van der Waals surface area contributed by atoms with Gasteiger partial charge in [0, 0.05) is 18.7 Å². The summed E-state index contributed by atoms with van der Waals surface area (Å²) in [4.78, 5) is 50.9. The molecule has 1 atom stereocenters. The van der Waals surface area contributed by atoms with Crippen LogP contribution in [0.4, 0.5) is 11.4 Å². The second-order valence-corrected chi connectivity index (χ2v) is 6.92. The smallest absolute Gasteiger partial charge is 0.339 e. The van der Waals surface area contributed by atoms with Crippen LogP contribution < -0.4 is 10.2 Å². The molecule has 0 bridgehead atoms. The summed E-state index contributed by atoms with van der Waals surface area (Å²) in [6, 6.07) is 11.6. The van der Waals surface area contributed by atoms with Gasteiger partial charge < -0.3 is 19.7 Å². The number of carbonyl (C=O) groups excluding carboxylic acids is 4. The van der Waals surface area contributed by atoms with Crippen LogP contribution in [0.25, 0.3) is 0 Å². The average Bonchev–Trinajstić information content (AvgIpc) is 3.14. The highest BCUT2D eigenvalue weighted by atomic mass is 16.5. The Hall–Kier alpha value is -3.68. The lowest BCUT2D eigenvalue weighted by molar-refractivity contribution is -0.122. The quantitative estimate of drug-likeness (QED) is 0.760. The van der Waals surface area contributed by atoms with E-state index in [2.05, 4.69) is 5.32 Å². The summed E-state index contributed by atoms with van der Waals surface area (Å²) < 4.78 is 9.44. The van der Waals surface area contributed by atoms with Crippen molar-refractivity contribution in [2.24, 2.45) is 5.92 Å². The number of ether oxygens (including phenoxy) is 2. The monoisotopic (exact) mass is 410 g/mol. The predicted molar refractivity (Wildman–Crippen MR) is 109 cm³/mol. The molecule has 0 aliphatic carbocycles. The third-order valence-electron chi connectivity index (χ3n) is 5.01. The van der Waals surface area contributed by atoms with Crippen molar-refractivity contribution < 1.29 is 28.7 Å². The summed E-state index contributed by atoms with van der Waals surface area (Å²) in [6.45, 7) is 2.12. The van der Waals surface area contributed by atoms with Crippen molar-refractivity contribution in [2.45, 2.75) is 13.3 Å². The molecular formula is C22H22N2O6. The highest BCUT2D eigenvalue weighted by molar-refractivity contribution is 6.07. The first-order valence-electron chi connectivity index (χ1n) is 9.33. The molecular weight excluding hydrogens is 388 g/mol. The van der Waals surface area contributed by atoms with Crippen LogP contribution in [0.2, 0.25) is 0 Å². The maximum Gasteiger partial charge on any atom is 0.339 e. The summed E-state index contributed by atoms with van der Waals surface area (Å²) >= 11 is 0. The van der Waals surface area contributed by atoms with Crippen LogP contribution in [0.15, 0.2) is 42.5 Å². The number of carbonyl (C=O) groups is 4. The average molecular weight is 410 g/mol. The van der Waals surface area contributed by atoms with Crippen molar-refractivity contribution >= 4 is 35.1 Å². The molecule has 1 saturated heterocycles. The molecule has 1 aliphatic rings. The first-order valence-corrected chi connectivity index (χ1v) is 9.33. The Kier molecular flexibility index (Phi) is 6.15. The Labute approximate surface area is 173 Å². The summed E-state index contributed by atoms with van der Waals surface area (Å²) in [5.74, 6) is -2.45. The fourth-order valence-electron chi connectivity index (χ4n) is 3.40. The first-order chi connectivity index (χ1) is 14.3. The van der Waals surface area contributed by atoms with Crippen molar-refractivity contribution in [1.82, 2.24) is 0 Å². The molecule has 2 amide bonds. The van der Waals surface area contributed by atoms with E-state index in [1.807, 2.05) is 31.2 Å². The Morgan fingerprint density at radius 1 is 1.03 bits per heavy atom. The van der Waals surface area contributed by atoms with Crippen LogP contribution in [0.1, 0.15) is 32.7 Å². The molecule has 1 unspecified atom stereocenters. The van der Waals surface area contributed by atoms with E-state index in [0.29, 0.717) is 0 Å². The van der Waals surface area contributed by atoms with Gasteiger partial charge in [-0.15, -0.1) is 0 Å². The van der Waals surface area contributed by atoms with Gasteiger partial charge in [-0.25, -0.2) is 9.59 Å². The largest absolute Gasteiger partial charge is 0.465 e. The predicted octanol–water partition coefficient (Wildman–Crippen LogP) is 2.56. The summed E-state index contributed by atoms with van der Waals surface area (Å²) in [5, 5.41) is 2.67. The fraction of sp³-hybridized carbons (Fsp3) is 0.273. The maximum absolute atomic E-state index is 12.9. The molecule has 1 heterocycles. The molecule has 1 fully saturated rings. The topological polar surface area (TPSA) is 102 Å². The van der Waals surface area contributed by atoms with E-state index in [-0.39, 0.29) is 35.7 Å². The number of amides is 2. The van der Waals surface area contributed by atoms with E-state index in [1.54, 1.807) is 4.90 Å². The number of hydrogen-bond donors (Lipinski definition) is 1. The standard InChI is InChI=1S/C22H22N2O6/c1-13-6-4-5-7-18(13)24-12-15(11-19(24)25)20(26)23-17-10-14(21(27)29-2)8-9-16(17)22(28)30-3/h4-10,15H,11-12H2,1-3H3,(H,23,26). The van der Waals surface area contributed by atoms with Gasteiger partial charge in [-0.2, -0.15) is 0 Å². The highest BCUT2D eigenvalue weighted by Crippen LogP contribution is 2.29. The zero-order chi connectivity index (χ0) is 21.8. The molecule has 30 heavy (non-hydrogen) atoms. The third kappa shape index (κ3) is 4.17. The lowest BCUT2D eigenvalue weighted by Gasteiger charge is -2.19. The van der Waals surface area contributed by atoms with Gasteiger partial charge in [0.15, 0.2) is 0 Å². The molecule has 3 rings (SSSR count). The van der Waals surface area contributed by atoms with Gasteiger partial charge in [0.2, 0.25) is 11.8 Å². The second kappa shape index (κ2) is 8.77. The van der Waals surface area contributed by atoms with Gasteiger partial charge >= 0.3 is 11.9 Å². The maximum atomic E-state index is 12.9. The number of hydrogen-bond acceptors (Lipinski definition) is 6. The number of esters is 2. The molecule has 0 aromatic heterocycles. The van der Waals surface area contributed by atoms with Crippen LogP contribution >= 0.6 is 0 Å². The van der Waals surface area contributed by atoms with E-state index in [4.69, 9.17) is 9.47 Å². The number of nitrogens with zero attached hydrogens (tertiary/aromatic N) is 1. The van der Waals surface area contributed by atoms with Crippen molar-refractivity contribution in [3.8, 4) is 0 Å². The Bertz CT molecular complexity index is 1020. The van der Waals surface area contributed by atoms with E-state index in [9.17, 15) is 19.2 Å².